The molecular formula is C32H34FN5O2S. The molecule has 1 N–H and O–H groups in total. The molecule has 1 unspecified atom stereocenters. The highest BCUT2D eigenvalue weighted by Crippen LogP contribution is 2.28. The van der Waals surface area contributed by atoms with E-state index in [4.69, 9.17) is 0 Å². The van der Waals surface area contributed by atoms with Crippen molar-refractivity contribution in [2.24, 2.45) is 0 Å². The number of carbonyl (C=O) groups is 2. The number of carbonyl (C=O) groups excluding carboxylic acids is 2. The summed E-state index contributed by atoms with van der Waals surface area (Å²) in [5, 5.41) is 3.46. The smallest absolute Gasteiger partial charge is 0.251 e. The van der Waals surface area contributed by atoms with E-state index in [1.54, 1.807) is 12.1 Å². The van der Waals surface area contributed by atoms with Crippen LogP contribution in [0.4, 0.5) is 15.8 Å². The molecule has 0 spiro atoms. The SMILES string of the molecule is Cc1ccc(CN(C(=O)CSc2nc(C)cc(C)n2)C(C(=O)Nc2ccc(N(C)C)cc2)c2ccc(F)cc2)cc1. The minimum Gasteiger partial charge on any atom is -0.378 e. The Bertz CT molecular complexity index is 1470. The van der Waals surface area contributed by atoms with Gasteiger partial charge in [-0.05, 0) is 74.4 Å². The van der Waals surface area contributed by atoms with Crippen LogP contribution in [-0.4, -0.2) is 46.5 Å². The van der Waals surface area contributed by atoms with Crippen molar-refractivity contribution in [1.29, 1.82) is 0 Å². The summed E-state index contributed by atoms with van der Waals surface area (Å²) >= 11 is 1.22. The molecule has 0 saturated carbocycles. The van der Waals surface area contributed by atoms with Gasteiger partial charge in [-0.15, -0.1) is 0 Å². The Kier molecular flexibility index (Phi) is 9.73. The highest BCUT2D eigenvalue weighted by atomic mass is 32.2. The van der Waals surface area contributed by atoms with Crippen molar-refractivity contribution < 1.29 is 14.0 Å². The average molecular weight is 572 g/mol. The number of nitrogens with zero attached hydrogens (tertiary/aromatic N) is 4. The topological polar surface area (TPSA) is 78.4 Å². The molecule has 0 aliphatic heterocycles. The number of benzene rings is 3. The van der Waals surface area contributed by atoms with E-state index in [0.717, 1.165) is 28.2 Å². The Morgan fingerprint density at radius 2 is 1.49 bits per heavy atom. The molecule has 7 nitrogen and oxygen atoms in total. The third kappa shape index (κ3) is 8.14. The van der Waals surface area contributed by atoms with Gasteiger partial charge in [0.25, 0.3) is 5.91 Å². The zero-order chi connectivity index (χ0) is 29.5. The maximum absolute atomic E-state index is 13.9. The van der Waals surface area contributed by atoms with Gasteiger partial charge >= 0.3 is 0 Å². The van der Waals surface area contributed by atoms with Crippen molar-refractivity contribution in [2.45, 2.75) is 38.5 Å². The number of aromatic nitrogens is 2. The molecule has 1 atom stereocenters. The molecule has 41 heavy (non-hydrogen) atoms. The summed E-state index contributed by atoms with van der Waals surface area (Å²) in [6.07, 6.45) is 0. The minimum absolute atomic E-state index is 0.0251. The Labute approximate surface area is 244 Å². The number of nitrogens with one attached hydrogen (secondary N) is 1. The van der Waals surface area contributed by atoms with Crippen molar-refractivity contribution in [3.63, 3.8) is 0 Å². The molecule has 0 fully saturated rings. The number of anilines is 2. The molecule has 9 heteroatoms. The molecular weight excluding hydrogens is 537 g/mol. The number of halogens is 1. The molecule has 0 aliphatic rings. The fourth-order valence-corrected chi connectivity index (χ4v) is 5.19. The van der Waals surface area contributed by atoms with Crippen LogP contribution >= 0.6 is 11.8 Å². The minimum atomic E-state index is -1.02. The predicted molar refractivity (Wildman–Crippen MR) is 162 cm³/mol. The Morgan fingerprint density at radius 3 is 2.07 bits per heavy atom. The first-order chi connectivity index (χ1) is 19.6. The normalized spacial score (nSPS) is 11.6. The molecule has 3 aromatic carbocycles. The molecule has 0 bridgehead atoms. The second-order valence-corrected chi connectivity index (χ2v) is 11.1. The number of hydrogen-bond donors (Lipinski definition) is 1. The second kappa shape index (κ2) is 13.4. The van der Waals surface area contributed by atoms with Crippen LogP contribution in [0.15, 0.2) is 84.0 Å². The largest absolute Gasteiger partial charge is 0.378 e. The van der Waals surface area contributed by atoms with E-state index in [9.17, 15) is 14.0 Å². The van der Waals surface area contributed by atoms with Gasteiger partial charge in [0.2, 0.25) is 5.91 Å². The summed E-state index contributed by atoms with van der Waals surface area (Å²) in [6.45, 7) is 5.93. The Morgan fingerprint density at radius 1 is 0.878 bits per heavy atom. The number of hydrogen-bond acceptors (Lipinski definition) is 6. The highest BCUT2D eigenvalue weighted by molar-refractivity contribution is 7.99. The first-order valence-electron chi connectivity index (χ1n) is 13.2. The van der Waals surface area contributed by atoms with Crippen molar-refractivity contribution >= 4 is 35.0 Å². The quantitative estimate of drug-likeness (QED) is 0.183. The molecule has 0 saturated heterocycles. The Balaban J connectivity index is 1.69. The number of aryl methyl sites for hydroxylation is 3. The summed E-state index contributed by atoms with van der Waals surface area (Å²) < 4.78 is 13.9. The maximum Gasteiger partial charge on any atom is 0.251 e. The van der Waals surface area contributed by atoms with Crippen LogP contribution in [0.25, 0.3) is 0 Å². The zero-order valence-electron chi connectivity index (χ0n) is 23.9. The maximum atomic E-state index is 13.9. The van der Waals surface area contributed by atoms with Crippen molar-refractivity contribution in [1.82, 2.24) is 14.9 Å². The van der Waals surface area contributed by atoms with Crippen LogP contribution in [-0.2, 0) is 16.1 Å². The third-order valence-corrected chi connectivity index (χ3v) is 7.31. The van der Waals surface area contributed by atoms with Gasteiger partial charge in [-0.2, -0.15) is 0 Å². The lowest BCUT2D eigenvalue weighted by molar-refractivity contribution is -0.137. The van der Waals surface area contributed by atoms with Crippen LogP contribution in [0.5, 0.6) is 0 Å². The van der Waals surface area contributed by atoms with Crippen molar-refractivity contribution in [3.8, 4) is 0 Å². The van der Waals surface area contributed by atoms with Gasteiger partial charge in [0.1, 0.15) is 11.9 Å². The lowest BCUT2D eigenvalue weighted by Gasteiger charge is -2.31. The lowest BCUT2D eigenvalue weighted by atomic mass is 10.0. The van der Waals surface area contributed by atoms with E-state index >= 15 is 0 Å². The first kappa shape index (κ1) is 29.7. The molecule has 2 amide bonds. The number of thioether (sulfide) groups is 1. The molecule has 4 aromatic rings. The fraction of sp³-hybridized carbons (Fsp3) is 0.250. The summed E-state index contributed by atoms with van der Waals surface area (Å²) in [6, 6.07) is 21.8. The van der Waals surface area contributed by atoms with Gasteiger partial charge in [-0.3, -0.25) is 9.59 Å². The van der Waals surface area contributed by atoms with Gasteiger partial charge in [0.15, 0.2) is 5.16 Å². The molecule has 0 aliphatic carbocycles. The van der Waals surface area contributed by atoms with Crippen molar-refractivity contribution in [2.75, 3.05) is 30.1 Å². The first-order valence-corrected chi connectivity index (χ1v) is 14.2. The zero-order valence-corrected chi connectivity index (χ0v) is 24.7. The standard InChI is InChI=1S/C32H34FN5O2S/c1-21-6-8-24(9-7-21)19-38(29(39)20-41-32-34-22(2)18-23(3)35-32)30(25-10-12-26(33)13-11-25)31(40)36-27-14-16-28(17-15-27)37(4)5/h6-18,30H,19-20H2,1-5H3,(H,36,40). The van der Waals surface area contributed by atoms with Crippen LogP contribution < -0.4 is 10.2 Å². The summed E-state index contributed by atoms with van der Waals surface area (Å²) in [4.78, 5) is 40.2. The molecule has 1 aromatic heterocycles. The van der Waals surface area contributed by atoms with E-state index in [2.05, 4.69) is 15.3 Å². The van der Waals surface area contributed by atoms with Gasteiger partial charge in [-0.25, -0.2) is 14.4 Å². The van der Waals surface area contributed by atoms with E-state index < -0.39 is 17.8 Å². The van der Waals surface area contributed by atoms with Crippen LogP contribution in [0.3, 0.4) is 0 Å². The predicted octanol–water partition coefficient (Wildman–Crippen LogP) is 6.11. The Hall–Kier alpha value is -4.24. The van der Waals surface area contributed by atoms with Gasteiger partial charge < -0.3 is 15.1 Å². The summed E-state index contributed by atoms with van der Waals surface area (Å²) in [7, 11) is 3.88. The van der Waals surface area contributed by atoms with Crippen LogP contribution in [0.2, 0.25) is 0 Å². The fourth-order valence-electron chi connectivity index (χ4n) is 4.35. The van der Waals surface area contributed by atoms with Gasteiger partial charge in [0, 0.05) is 43.4 Å². The van der Waals surface area contributed by atoms with E-state index in [-0.39, 0.29) is 18.2 Å². The van der Waals surface area contributed by atoms with Gasteiger partial charge in [-0.1, -0.05) is 53.7 Å². The van der Waals surface area contributed by atoms with Crippen LogP contribution in [0.1, 0.15) is 34.1 Å². The van der Waals surface area contributed by atoms with E-state index in [1.807, 2.05) is 94.4 Å². The molecule has 4 rings (SSSR count). The number of amides is 2. The van der Waals surface area contributed by atoms with Crippen LogP contribution in [0, 0.1) is 26.6 Å². The van der Waals surface area contributed by atoms with Gasteiger partial charge in [0.05, 0.1) is 5.75 Å². The number of rotatable bonds is 10. The van der Waals surface area contributed by atoms with E-state index in [0.29, 0.717) is 16.4 Å². The second-order valence-electron chi connectivity index (χ2n) is 10.1. The summed E-state index contributed by atoms with van der Waals surface area (Å²) in [5.74, 6) is -1.07. The monoisotopic (exact) mass is 571 g/mol. The van der Waals surface area contributed by atoms with E-state index in [1.165, 1.54) is 28.8 Å². The molecule has 0 radical (unpaired) electrons. The lowest BCUT2D eigenvalue weighted by Crippen LogP contribution is -2.41. The third-order valence-electron chi connectivity index (χ3n) is 6.48. The molecule has 1 heterocycles. The highest BCUT2D eigenvalue weighted by Gasteiger charge is 2.32. The van der Waals surface area contributed by atoms with Crippen molar-refractivity contribution in [3.05, 3.63) is 113 Å². The summed E-state index contributed by atoms with van der Waals surface area (Å²) in [5.41, 5.74) is 5.66. The average Bonchev–Trinajstić information content (AvgIpc) is 2.93. The molecule has 212 valence electrons.